The van der Waals surface area contributed by atoms with Crippen molar-refractivity contribution < 1.29 is 9.18 Å². The molecule has 3 aromatic heterocycles. The van der Waals surface area contributed by atoms with Crippen molar-refractivity contribution in [2.24, 2.45) is 14.1 Å². The van der Waals surface area contributed by atoms with E-state index in [9.17, 15) is 18.8 Å². The highest BCUT2D eigenvalue weighted by atomic mass is 19.1. The van der Waals surface area contributed by atoms with Crippen LogP contribution in [-0.4, -0.2) is 25.0 Å². The summed E-state index contributed by atoms with van der Waals surface area (Å²) in [6, 6.07) is 16.4. The van der Waals surface area contributed by atoms with Gasteiger partial charge in [-0.3, -0.25) is 18.7 Å². The van der Waals surface area contributed by atoms with E-state index in [0.717, 1.165) is 10.1 Å². The van der Waals surface area contributed by atoms with Gasteiger partial charge in [-0.2, -0.15) is 0 Å². The Bertz CT molecular complexity index is 1730. The molecular formula is C25H18FN5O3. The van der Waals surface area contributed by atoms with Gasteiger partial charge in [-0.05, 0) is 24.3 Å². The summed E-state index contributed by atoms with van der Waals surface area (Å²) in [6.07, 6.45) is 1.38. The summed E-state index contributed by atoms with van der Waals surface area (Å²) in [4.78, 5) is 46.7. The summed E-state index contributed by atoms with van der Waals surface area (Å²) in [6.45, 7) is 0. The minimum absolute atomic E-state index is 0.189. The fraction of sp³-hybridized carbons (Fsp3) is 0.0800. The zero-order chi connectivity index (χ0) is 24.0. The second-order valence-electron chi connectivity index (χ2n) is 7.84. The van der Waals surface area contributed by atoms with E-state index in [1.807, 2.05) is 30.3 Å². The highest BCUT2D eigenvalue weighted by molar-refractivity contribution is 6.13. The number of halogens is 1. The van der Waals surface area contributed by atoms with Crippen LogP contribution in [-0.2, 0) is 14.1 Å². The Hall–Kier alpha value is -4.66. The molecule has 5 rings (SSSR count). The molecule has 9 heteroatoms. The molecule has 0 saturated heterocycles. The van der Waals surface area contributed by atoms with Crippen LogP contribution in [0.15, 0.2) is 76.4 Å². The lowest BCUT2D eigenvalue weighted by atomic mass is 10.0. The predicted octanol–water partition coefficient (Wildman–Crippen LogP) is 3.24. The number of benzene rings is 2. The van der Waals surface area contributed by atoms with E-state index >= 15 is 0 Å². The van der Waals surface area contributed by atoms with Gasteiger partial charge in [0.05, 0.1) is 34.0 Å². The number of carbonyl (C=O) groups excluding carboxylic acids is 1. The van der Waals surface area contributed by atoms with Crippen LogP contribution in [0.3, 0.4) is 0 Å². The molecule has 0 atom stereocenters. The lowest BCUT2D eigenvalue weighted by Gasteiger charge is -2.12. The van der Waals surface area contributed by atoms with Crippen molar-refractivity contribution in [3.8, 4) is 11.3 Å². The van der Waals surface area contributed by atoms with Crippen LogP contribution in [0.25, 0.3) is 33.2 Å². The Morgan fingerprint density at radius 2 is 1.71 bits per heavy atom. The van der Waals surface area contributed by atoms with Crippen molar-refractivity contribution >= 4 is 33.5 Å². The molecule has 3 heterocycles. The van der Waals surface area contributed by atoms with E-state index in [1.54, 1.807) is 6.07 Å². The lowest BCUT2D eigenvalue weighted by Crippen LogP contribution is -2.37. The predicted molar refractivity (Wildman–Crippen MR) is 127 cm³/mol. The van der Waals surface area contributed by atoms with Gasteiger partial charge in [-0.25, -0.2) is 19.2 Å². The summed E-state index contributed by atoms with van der Waals surface area (Å²) in [5.41, 5.74) is 1.40. The number of carbonyl (C=O) groups is 1. The van der Waals surface area contributed by atoms with Gasteiger partial charge in [0.2, 0.25) is 0 Å². The normalized spacial score (nSPS) is 11.1. The number of hydrogen-bond donors (Lipinski definition) is 1. The Balaban J connectivity index is 1.62. The van der Waals surface area contributed by atoms with Crippen LogP contribution >= 0.6 is 0 Å². The molecule has 0 aliphatic carbocycles. The number of rotatable bonds is 3. The molecule has 0 aliphatic rings. The maximum Gasteiger partial charge on any atom is 0.332 e. The number of aromatic nitrogens is 4. The highest BCUT2D eigenvalue weighted by Gasteiger charge is 2.17. The second-order valence-corrected chi connectivity index (χ2v) is 7.84. The average Bonchev–Trinajstić information content (AvgIpc) is 2.85. The SMILES string of the molecule is Cn1c(=O)c2cc(NC(=O)c3cc(-c4ccccc4)nc4cc(F)ccc34)cnc2n(C)c1=O. The van der Waals surface area contributed by atoms with Crippen molar-refractivity contribution in [3.05, 3.63) is 99.1 Å². The minimum Gasteiger partial charge on any atom is -0.321 e. The fourth-order valence-corrected chi connectivity index (χ4v) is 3.88. The first-order valence-electron chi connectivity index (χ1n) is 10.4. The van der Waals surface area contributed by atoms with Crippen LogP contribution in [0.2, 0.25) is 0 Å². The molecule has 1 N–H and O–H groups in total. The van der Waals surface area contributed by atoms with E-state index in [0.29, 0.717) is 16.6 Å². The van der Waals surface area contributed by atoms with E-state index in [-0.39, 0.29) is 22.3 Å². The van der Waals surface area contributed by atoms with Gasteiger partial charge < -0.3 is 5.32 Å². The third-order valence-electron chi connectivity index (χ3n) is 5.64. The summed E-state index contributed by atoms with van der Waals surface area (Å²) in [7, 11) is 2.89. The van der Waals surface area contributed by atoms with Crippen molar-refractivity contribution in [3.63, 3.8) is 0 Å². The average molecular weight is 455 g/mol. The van der Waals surface area contributed by atoms with E-state index in [1.165, 1.54) is 49.1 Å². The first-order valence-corrected chi connectivity index (χ1v) is 10.4. The Morgan fingerprint density at radius 1 is 0.941 bits per heavy atom. The maximum atomic E-state index is 13.9. The summed E-state index contributed by atoms with van der Waals surface area (Å²) < 4.78 is 16.2. The number of hydrogen-bond acceptors (Lipinski definition) is 5. The molecule has 168 valence electrons. The van der Waals surface area contributed by atoms with Gasteiger partial charge in [-0.1, -0.05) is 30.3 Å². The Morgan fingerprint density at radius 3 is 2.47 bits per heavy atom. The standard InChI is InChI=1S/C25H18FN5O3/c1-30-22-19(24(33)31(2)25(30)34)11-16(13-27-22)28-23(32)18-12-20(14-6-4-3-5-7-14)29-21-10-15(26)8-9-17(18)21/h3-13H,1-2H3,(H,28,32). The number of fused-ring (bicyclic) bond motifs is 2. The largest absolute Gasteiger partial charge is 0.332 e. The van der Waals surface area contributed by atoms with Gasteiger partial charge >= 0.3 is 5.69 Å². The minimum atomic E-state index is -0.516. The van der Waals surface area contributed by atoms with Crippen LogP contribution in [0, 0.1) is 5.82 Å². The number of nitrogens with zero attached hydrogens (tertiary/aromatic N) is 4. The topological polar surface area (TPSA) is 98.9 Å². The molecule has 0 unspecified atom stereocenters. The number of nitrogens with one attached hydrogen (secondary N) is 1. The van der Waals surface area contributed by atoms with Crippen molar-refractivity contribution in [2.45, 2.75) is 0 Å². The second kappa shape index (κ2) is 8.04. The summed E-state index contributed by atoms with van der Waals surface area (Å²) in [5, 5.41) is 3.42. The number of aryl methyl sites for hydroxylation is 1. The van der Waals surface area contributed by atoms with Crippen molar-refractivity contribution in [1.29, 1.82) is 0 Å². The molecular weight excluding hydrogens is 437 g/mol. The fourth-order valence-electron chi connectivity index (χ4n) is 3.88. The lowest BCUT2D eigenvalue weighted by molar-refractivity contribution is 0.102. The molecule has 0 spiro atoms. The Labute approximate surface area is 192 Å². The smallest absolute Gasteiger partial charge is 0.321 e. The van der Waals surface area contributed by atoms with E-state index in [4.69, 9.17) is 0 Å². The van der Waals surface area contributed by atoms with Crippen molar-refractivity contribution in [1.82, 2.24) is 19.1 Å². The third-order valence-corrected chi connectivity index (χ3v) is 5.64. The van der Waals surface area contributed by atoms with Crippen LogP contribution in [0.4, 0.5) is 10.1 Å². The Kier molecular flexibility index (Phi) is 5.01. The molecule has 1 amide bonds. The summed E-state index contributed by atoms with van der Waals surface area (Å²) in [5.74, 6) is -0.935. The molecule has 0 bridgehead atoms. The van der Waals surface area contributed by atoms with Gasteiger partial charge in [0.15, 0.2) is 0 Å². The van der Waals surface area contributed by atoms with Gasteiger partial charge in [-0.15, -0.1) is 0 Å². The molecule has 8 nitrogen and oxygen atoms in total. The monoisotopic (exact) mass is 455 g/mol. The molecule has 0 fully saturated rings. The van der Waals surface area contributed by atoms with E-state index in [2.05, 4.69) is 15.3 Å². The van der Waals surface area contributed by atoms with Crippen LogP contribution < -0.4 is 16.6 Å². The maximum absolute atomic E-state index is 13.9. The van der Waals surface area contributed by atoms with Gasteiger partial charge in [0.1, 0.15) is 11.5 Å². The number of pyridine rings is 2. The first-order chi connectivity index (χ1) is 16.3. The highest BCUT2D eigenvalue weighted by Crippen LogP contribution is 2.26. The van der Waals surface area contributed by atoms with Gasteiger partial charge in [0.25, 0.3) is 11.5 Å². The first kappa shape index (κ1) is 21.2. The molecule has 0 saturated carbocycles. The van der Waals surface area contributed by atoms with Crippen LogP contribution in [0.5, 0.6) is 0 Å². The quantitative estimate of drug-likeness (QED) is 0.450. The van der Waals surface area contributed by atoms with Crippen LogP contribution in [0.1, 0.15) is 10.4 Å². The van der Waals surface area contributed by atoms with E-state index < -0.39 is 23.0 Å². The van der Waals surface area contributed by atoms with Gasteiger partial charge in [0, 0.05) is 31.1 Å². The van der Waals surface area contributed by atoms with Crippen molar-refractivity contribution in [2.75, 3.05) is 5.32 Å². The zero-order valence-corrected chi connectivity index (χ0v) is 18.2. The third kappa shape index (κ3) is 3.53. The zero-order valence-electron chi connectivity index (χ0n) is 18.2. The number of amides is 1. The molecule has 0 radical (unpaired) electrons. The number of anilines is 1. The molecule has 34 heavy (non-hydrogen) atoms. The molecule has 0 aliphatic heterocycles. The molecule has 2 aromatic carbocycles. The molecule has 5 aromatic rings. The summed E-state index contributed by atoms with van der Waals surface area (Å²) >= 11 is 0.